The number of rotatable bonds is 8. The average Bonchev–Trinajstić information content (AvgIpc) is 3.35. The molecule has 1 aliphatic rings. The SMILES string of the molecule is Br.COc1ccc(CCn2c(-c3ccc(C4CCCCC4)cc3)csc2=Nc2ccc(F)cc2)cc1OC. The Balaban J connectivity index is 0.00000336. The summed E-state index contributed by atoms with van der Waals surface area (Å²) in [7, 11) is 3.30. The molecule has 0 radical (unpaired) electrons. The number of hydrogen-bond acceptors (Lipinski definition) is 4. The first kappa shape index (κ1) is 28.1. The number of hydrogen-bond donors (Lipinski definition) is 0. The summed E-state index contributed by atoms with van der Waals surface area (Å²) in [5.41, 5.74) is 5.67. The van der Waals surface area contributed by atoms with Crippen LogP contribution in [-0.2, 0) is 13.0 Å². The van der Waals surface area contributed by atoms with Gasteiger partial charge in [-0.3, -0.25) is 0 Å². The highest BCUT2D eigenvalue weighted by molar-refractivity contribution is 8.93. The summed E-state index contributed by atoms with van der Waals surface area (Å²) in [4.78, 5) is 5.75. The number of ether oxygens (including phenoxy) is 2. The Morgan fingerprint density at radius 1 is 0.895 bits per heavy atom. The standard InChI is InChI=1S/C31H33FN2O2S.BrH/c1-35-29-17-8-22(20-30(29)36-2)18-19-34-28(21-37-31(34)33-27-15-13-26(32)14-16-27)25-11-9-24(10-12-25)23-6-4-3-5-7-23;/h8-17,20-21,23H,3-7,18-19H2,1-2H3;1H. The molecule has 5 rings (SSSR count). The first-order valence-electron chi connectivity index (χ1n) is 12.9. The second kappa shape index (κ2) is 13.3. The van der Waals surface area contributed by atoms with E-state index in [-0.39, 0.29) is 22.8 Å². The van der Waals surface area contributed by atoms with Gasteiger partial charge in [-0.05, 0) is 78.3 Å². The molecule has 1 saturated carbocycles. The summed E-state index contributed by atoms with van der Waals surface area (Å²) in [6.45, 7) is 0.749. The number of benzene rings is 3. The minimum Gasteiger partial charge on any atom is -0.493 e. The number of aromatic nitrogens is 1. The van der Waals surface area contributed by atoms with E-state index in [0.29, 0.717) is 5.92 Å². The molecule has 0 atom stereocenters. The highest BCUT2D eigenvalue weighted by Crippen LogP contribution is 2.34. The molecule has 4 aromatic rings. The molecule has 1 heterocycles. The molecule has 1 aliphatic carbocycles. The zero-order chi connectivity index (χ0) is 25.6. The van der Waals surface area contributed by atoms with E-state index in [0.717, 1.165) is 46.2 Å². The Hall–Kier alpha value is -2.90. The van der Waals surface area contributed by atoms with Crippen LogP contribution in [0.5, 0.6) is 11.5 Å². The van der Waals surface area contributed by atoms with Crippen LogP contribution in [0.25, 0.3) is 11.3 Å². The van der Waals surface area contributed by atoms with Crippen molar-refractivity contribution in [1.29, 1.82) is 0 Å². The molecule has 1 aromatic heterocycles. The first-order valence-corrected chi connectivity index (χ1v) is 13.8. The van der Waals surface area contributed by atoms with E-state index in [2.05, 4.69) is 40.3 Å². The van der Waals surface area contributed by atoms with Crippen molar-refractivity contribution >= 4 is 34.0 Å². The van der Waals surface area contributed by atoms with Crippen LogP contribution < -0.4 is 14.3 Å². The maximum Gasteiger partial charge on any atom is 0.190 e. The normalized spacial score (nSPS) is 14.2. The van der Waals surface area contributed by atoms with Gasteiger partial charge in [-0.2, -0.15) is 0 Å². The number of halogens is 2. The summed E-state index contributed by atoms with van der Waals surface area (Å²) in [5, 5.41) is 2.17. The van der Waals surface area contributed by atoms with Crippen molar-refractivity contribution in [1.82, 2.24) is 4.57 Å². The Labute approximate surface area is 238 Å². The number of methoxy groups -OCH3 is 2. The molecule has 0 amide bonds. The quantitative estimate of drug-likeness (QED) is 0.204. The third kappa shape index (κ3) is 6.56. The van der Waals surface area contributed by atoms with Crippen LogP contribution in [0, 0.1) is 5.82 Å². The molecule has 1 fully saturated rings. The van der Waals surface area contributed by atoms with Crippen LogP contribution in [0.4, 0.5) is 10.1 Å². The summed E-state index contributed by atoms with van der Waals surface area (Å²) >= 11 is 1.61. The average molecular weight is 598 g/mol. The van der Waals surface area contributed by atoms with Crippen LogP contribution in [0.2, 0.25) is 0 Å². The highest BCUT2D eigenvalue weighted by atomic mass is 79.9. The lowest BCUT2D eigenvalue weighted by Crippen LogP contribution is -2.17. The van der Waals surface area contributed by atoms with Gasteiger partial charge in [0.05, 0.1) is 25.6 Å². The van der Waals surface area contributed by atoms with Crippen molar-refractivity contribution in [3.8, 4) is 22.8 Å². The van der Waals surface area contributed by atoms with E-state index in [1.54, 1.807) is 37.7 Å². The van der Waals surface area contributed by atoms with Crippen LogP contribution in [0.15, 0.2) is 77.1 Å². The van der Waals surface area contributed by atoms with E-state index in [1.807, 2.05) is 12.1 Å². The zero-order valence-electron chi connectivity index (χ0n) is 21.9. The number of aryl methyl sites for hydroxylation is 1. The maximum atomic E-state index is 13.5. The summed E-state index contributed by atoms with van der Waals surface area (Å²) in [6.07, 6.45) is 7.43. The molecule has 38 heavy (non-hydrogen) atoms. The lowest BCUT2D eigenvalue weighted by Gasteiger charge is -2.22. The van der Waals surface area contributed by atoms with Gasteiger partial charge in [0.1, 0.15) is 5.82 Å². The number of nitrogens with zero attached hydrogens (tertiary/aromatic N) is 2. The van der Waals surface area contributed by atoms with Crippen molar-refractivity contribution < 1.29 is 13.9 Å². The van der Waals surface area contributed by atoms with Gasteiger partial charge >= 0.3 is 0 Å². The van der Waals surface area contributed by atoms with Gasteiger partial charge in [-0.15, -0.1) is 28.3 Å². The molecule has 0 spiro atoms. The van der Waals surface area contributed by atoms with E-state index < -0.39 is 0 Å². The van der Waals surface area contributed by atoms with Crippen LogP contribution in [0.3, 0.4) is 0 Å². The van der Waals surface area contributed by atoms with Gasteiger partial charge in [-0.25, -0.2) is 9.38 Å². The van der Waals surface area contributed by atoms with Crippen LogP contribution in [-0.4, -0.2) is 18.8 Å². The molecule has 200 valence electrons. The molecular weight excluding hydrogens is 563 g/mol. The van der Waals surface area contributed by atoms with Crippen molar-refractivity contribution in [2.75, 3.05) is 14.2 Å². The Morgan fingerprint density at radius 3 is 2.29 bits per heavy atom. The van der Waals surface area contributed by atoms with E-state index in [1.165, 1.54) is 55.4 Å². The smallest absolute Gasteiger partial charge is 0.190 e. The van der Waals surface area contributed by atoms with E-state index in [4.69, 9.17) is 14.5 Å². The first-order chi connectivity index (χ1) is 18.1. The lowest BCUT2D eigenvalue weighted by molar-refractivity contribution is 0.354. The van der Waals surface area contributed by atoms with Crippen LogP contribution in [0.1, 0.15) is 49.1 Å². The van der Waals surface area contributed by atoms with Crippen molar-refractivity contribution in [3.63, 3.8) is 0 Å². The summed E-state index contributed by atoms with van der Waals surface area (Å²) in [5.74, 6) is 1.88. The fourth-order valence-electron chi connectivity index (χ4n) is 5.13. The van der Waals surface area contributed by atoms with Gasteiger partial charge in [0.15, 0.2) is 16.3 Å². The molecule has 0 bridgehead atoms. The molecule has 3 aromatic carbocycles. The van der Waals surface area contributed by atoms with Gasteiger partial charge in [0.25, 0.3) is 0 Å². The summed E-state index contributed by atoms with van der Waals surface area (Å²) in [6, 6.07) is 21.5. The zero-order valence-corrected chi connectivity index (χ0v) is 24.4. The second-order valence-electron chi connectivity index (χ2n) is 9.54. The van der Waals surface area contributed by atoms with Crippen LogP contribution >= 0.6 is 28.3 Å². The molecular formula is C31H34BrFN2O2S. The molecule has 0 N–H and O–H groups in total. The molecule has 0 saturated heterocycles. The minimum atomic E-state index is -0.259. The monoisotopic (exact) mass is 596 g/mol. The third-order valence-electron chi connectivity index (χ3n) is 7.20. The van der Waals surface area contributed by atoms with Gasteiger partial charge in [-0.1, -0.05) is 49.6 Å². The summed E-state index contributed by atoms with van der Waals surface area (Å²) < 4.78 is 26.6. The van der Waals surface area contributed by atoms with E-state index >= 15 is 0 Å². The Bertz CT molecular complexity index is 1390. The lowest BCUT2D eigenvalue weighted by atomic mass is 9.84. The Kier molecular flexibility index (Phi) is 9.80. The number of thiazole rings is 1. The molecule has 0 unspecified atom stereocenters. The van der Waals surface area contributed by atoms with Gasteiger partial charge in [0.2, 0.25) is 0 Å². The predicted molar refractivity (Wildman–Crippen MR) is 159 cm³/mol. The van der Waals surface area contributed by atoms with Crippen molar-refractivity contribution in [2.24, 2.45) is 4.99 Å². The third-order valence-corrected chi connectivity index (χ3v) is 8.07. The van der Waals surface area contributed by atoms with E-state index in [9.17, 15) is 4.39 Å². The second-order valence-corrected chi connectivity index (χ2v) is 10.4. The molecule has 7 heteroatoms. The molecule has 0 aliphatic heterocycles. The minimum absolute atomic E-state index is 0. The molecule has 4 nitrogen and oxygen atoms in total. The van der Waals surface area contributed by atoms with Crippen molar-refractivity contribution in [2.45, 2.75) is 51.0 Å². The maximum absolute atomic E-state index is 13.5. The highest BCUT2D eigenvalue weighted by Gasteiger charge is 2.16. The topological polar surface area (TPSA) is 35.8 Å². The van der Waals surface area contributed by atoms with Crippen molar-refractivity contribution in [3.05, 3.63) is 93.9 Å². The Morgan fingerprint density at radius 2 is 1.61 bits per heavy atom. The largest absolute Gasteiger partial charge is 0.493 e. The fraction of sp³-hybridized carbons (Fsp3) is 0.323. The van der Waals surface area contributed by atoms with Gasteiger partial charge < -0.3 is 14.0 Å². The fourth-order valence-corrected chi connectivity index (χ4v) is 6.09. The predicted octanol–water partition coefficient (Wildman–Crippen LogP) is 8.47. The van der Waals surface area contributed by atoms with Gasteiger partial charge in [0, 0.05) is 11.9 Å².